The van der Waals surface area contributed by atoms with Crippen LogP contribution in [0.15, 0.2) is 43.0 Å². The van der Waals surface area contributed by atoms with E-state index in [0.717, 1.165) is 0 Å². The SMILES string of the molecule is C[C@H](CO)Oc1nccc(-c2cnc([C@@H]3CC[C@@H]4CC(c5c(-n6cnnn6)ccc(Cl)c5F)=CC(=O)N43)[nH]2)c1F. The van der Waals surface area contributed by atoms with Crippen molar-refractivity contribution in [3.63, 3.8) is 0 Å². The summed E-state index contributed by atoms with van der Waals surface area (Å²) in [7, 11) is 0. The molecule has 1 amide bonds. The Morgan fingerprint density at radius 1 is 1.23 bits per heavy atom. The van der Waals surface area contributed by atoms with Gasteiger partial charge in [-0.3, -0.25) is 4.79 Å². The smallest absolute Gasteiger partial charge is 0.251 e. The number of carbonyl (C=O) groups excluding carboxylic acids is 1. The second-order valence-electron chi connectivity index (χ2n) is 9.65. The number of aliphatic hydroxyl groups excluding tert-OH is 1. The molecule has 2 aliphatic heterocycles. The van der Waals surface area contributed by atoms with E-state index in [1.165, 1.54) is 41.6 Å². The number of halogens is 3. The molecule has 2 N–H and O–H groups in total. The maximum atomic E-state index is 15.3. The third kappa shape index (κ3) is 4.50. The summed E-state index contributed by atoms with van der Waals surface area (Å²) < 4.78 is 37.1. The van der Waals surface area contributed by atoms with E-state index in [0.29, 0.717) is 42.0 Å². The van der Waals surface area contributed by atoms with Crippen molar-refractivity contribution in [2.75, 3.05) is 6.61 Å². The number of aromatic nitrogens is 7. The molecule has 0 unspecified atom stereocenters. The lowest BCUT2D eigenvalue weighted by atomic mass is 9.92. The maximum Gasteiger partial charge on any atom is 0.251 e. The van der Waals surface area contributed by atoms with Gasteiger partial charge in [-0.2, -0.15) is 4.68 Å². The lowest BCUT2D eigenvalue weighted by Crippen LogP contribution is -2.39. The van der Waals surface area contributed by atoms with E-state index < -0.39 is 17.7 Å². The minimum Gasteiger partial charge on any atom is -0.470 e. The number of hydrogen-bond donors (Lipinski definition) is 2. The zero-order valence-corrected chi connectivity index (χ0v) is 21.9. The first-order valence-corrected chi connectivity index (χ1v) is 12.9. The van der Waals surface area contributed by atoms with Gasteiger partial charge in [0.1, 0.15) is 18.3 Å². The monoisotopic (exact) mass is 568 g/mol. The number of nitrogens with one attached hydrogen (secondary N) is 1. The summed E-state index contributed by atoms with van der Waals surface area (Å²) in [6.45, 7) is 1.31. The summed E-state index contributed by atoms with van der Waals surface area (Å²) in [4.78, 5) is 26.7. The number of pyridine rings is 1. The van der Waals surface area contributed by atoms with Crippen molar-refractivity contribution in [2.24, 2.45) is 0 Å². The highest BCUT2D eigenvalue weighted by Crippen LogP contribution is 2.44. The van der Waals surface area contributed by atoms with Crippen molar-refractivity contribution in [3.05, 3.63) is 71.0 Å². The number of benzene rings is 1. The fourth-order valence-electron chi connectivity index (χ4n) is 5.29. The van der Waals surface area contributed by atoms with Crippen molar-refractivity contribution in [3.8, 4) is 22.8 Å². The summed E-state index contributed by atoms with van der Waals surface area (Å²) in [6, 6.07) is 3.94. The number of hydrogen-bond acceptors (Lipinski definition) is 8. The van der Waals surface area contributed by atoms with Crippen LogP contribution in [0.4, 0.5) is 8.78 Å². The molecule has 0 aliphatic carbocycles. The van der Waals surface area contributed by atoms with Crippen molar-refractivity contribution in [2.45, 2.75) is 44.4 Å². The summed E-state index contributed by atoms with van der Waals surface area (Å²) in [5.41, 5.74) is 1.65. The van der Waals surface area contributed by atoms with Gasteiger partial charge in [0, 0.05) is 29.4 Å². The molecule has 0 spiro atoms. The van der Waals surface area contributed by atoms with Gasteiger partial charge in [-0.25, -0.2) is 18.7 Å². The molecule has 1 aromatic carbocycles. The average molecular weight is 569 g/mol. The van der Waals surface area contributed by atoms with E-state index in [1.54, 1.807) is 17.9 Å². The Bertz CT molecular complexity index is 1610. The zero-order chi connectivity index (χ0) is 28.0. The van der Waals surface area contributed by atoms with Gasteiger partial charge < -0.3 is 19.7 Å². The van der Waals surface area contributed by atoms with Crippen LogP contribution in [-0.4, -0.2) is 69.8 Å². The van der Waals surface area contributed by atoms with Crippen LogP contribution in [0.1, 0.15) is 43.6 Å². The number of aliphatic hydroxyl groups is 1. The number of carbonyl (C=O) groups is 1. The van der Waals surface area contributed by atoms with E-state index in [9.17, 15) is 9.90 Å². The van der Waals surface area contributed by atoms with Gasteiger partial charge in [-0.1, -0.05) is 11.6 Å². The van der Waals surface area contributed by atoms with Crippen LogP contribution in [0, 0.1) is 11.6 Å². The normalized spacial score (nSPS) is 19.5. The number of aromatic amines is 1. The quantitative estimate of drug-likeness (QED) is 0.345. The van der Waals surface area contributed by atoms with Gasteiger partial charge in [-0.15, -0.1) is 5.10 Å². The number of amides is 1. The van der Waals surface area contributed by atoms with Crippen LogP contribution in [0.3, 0.4) is 0 Å². The Kier molecular flexibility index (Phi) is 6.76. The van der Waals surface area contributed by atoms with Gasteiger partial charge in [0.2, 0.25) is 5.91 Å². The molecule has 2 aliphatic rings. The van der Waals surface area contributed by atoms with Crippen molar-refractivity contribution in [1.29, 1.82) is 0 Å². The Balaban J connectivity index is 1.29. The molecule has 206 valence electrons. The standard InChI is InChI=1S/C26H23ClF2N8O3/c1-13(11-38)40-26-23(28)16(6-7-30-26)18-10-31-25(33-18)20-4-2-15-8-14(9-21(39)37(15)20)22-19(36-12-32-34-35-36)5-3-17(27)24(22)29/h3,5-7,9-10,12-13,15,20,38H,2,4,8,11H2,1H3,(H,31,33)/t13-,15-,20+/m1/s1. The largest absolute Gasteiger partial charge is 0.470 e. The molecule has 1 fully saturated rings. The van der Waals surface area contributed by atoms with E-state index >= 15 is 8.78 Å². The fourth-order valence-corrected chi connectivity index (χ4v) is 5.45. The first-order chi connectivity index (χ1) is 19.4. The second kappa shape index (κ2) is 10.4. The maximum absolute atomic E-state index is 15.3. The number of ether oxygens (including phenoxy) is 1. The number of H-pyrrole nitrogens is 1. The Morgan fingerprint density at radius 2 is 2.08 bits per heavy atom. The lowest BCUT2D eigenvalue weighted by molar-refractivity contribution is -0.129. The number of imidazole rings is 1. The minimum absolute atomic E-state index is 0.0715. The lowest BCUT2D eigenvalue weighted by Gasteiger charge is -2.33. The molecule has 11 nitrogen and oxygen atoms in total. The predicted molar refractivity (Wildman–Crippen MR) is 138 cm³/mol. The Labute approximate surface area is 231 Å². The number of rotatable bonds is 7. The van der Waals surface area contributed by atoms with E-state index in [-0.39, 0.29) is 46.6 Å². The molecule has 4 aromatic rings. The molecule has 0 radical (unpaired) electrons. The molecule has 0 bridgehead atoms. The molecule has 14 heteroatoms. The molecule has 3 atom stereocenters. The first-order valence-electron chi connectivity index (χ1n) is 12.6. The van der Waals surface area contributed by atoms with E-state index in [2.05, 4.69) is 30.5 Å². The third-order valence-electron chi connectivity index (χ3n) is 7.13. The number of fused-ring (bicyclic) bond motifs is 1. The average Bonchev–Trinajstić information content (AvgIpc) is 3.72. The third-order valence-corrected chi connectivity index (χ3v) is 7.42. The predicted octanol–water partition coefficient (Wildman–Crippen LogP) is 3.66. The molecule has 6 rings (SSSR count). The minimum atomic E-state index is -0.689. The van der Waals surface area contributed by atoms with Crippen LogP contribution in [0.2, 0.25) is 5.02 Å². The van der Waals surface area contributed by atoms with Crippen LogP contribution >= 0.6 is 11.6 Å². The van der Waals surface area contributed by atoms with Crippen molar-refractivity contribution < 1.29 is 23.4 Å². The zero-order valence-electron chi connectivity index (χ0n) is 21.1. The molecular weight excluding hydrogens is 546 g/mol. The van der Waals surface area contributed by atoms with Crippen LogP contribution in [-0.2, 0) is 4.79 Å². The van der Waals surface area contributed by atoms with Crippen molar-refractivity contribution in [1.82, 2.24) is 40.1 Å². The fraction of sp³-hybridized carbons (Fsp3) is 0.308. The molecule has 5 heterocycles. The summed E-state index contributed by atoms with van der Waals surface area (Å²) in [6.07, 6.45) is 6.70. The van der Waals surface area contributed by atoms with Gasteiger partial charge in [0.05, 0.1) is 35.2 Å². The molecule has 3 aromatic heterocycles. The number of tetrazole rings is 1. The summed E-state index contributed by atoms with van der Waals surface area (Å²) in [5, 5.41) is 20.3. The molecule has 40 heavy (non-hydrogen) atoms. The van der Waals surface area contributed by atoms with E-state index in [1.807, 2.05) is 0 Å². The van der Waals surface area contributed by atoms with Crippen molar-refractivity contribution >= 4 is 23.1 Å². The summed E-state index contributed by atoms with van der Waals surface area (Å²) in [5.74, 6) is -1.35. The van der Waals surface area contributed by atoms with Gasteiger partial charge in [0.15, 0.2) is 11.6 Å². The van der Waals surface area contributed by atoms with Gasteiger partial charge in [-0.05, 0) is 60.4 Å². The van der Waals surface area contributed by atoms with E-state index in [4.69, 9.17) is 16.3 Å². The highest BCUT2D eigenvalue weighted by Gasteiger charge is 2.42. The molecular formula is C26H23ClF2N8O3. The molecule has 0 saturated carbocycles. The topological polar surface area (TPSA) is 135 Å². The van der Waals surface area contributed by atoms with Crippen LogP contribution < -0.4 is 4.74 Å². The first kappa shape index (κ1) is 26.0. The van der Waals surface area contributed by atoms with Gasteiger partial charge >= 0.3 is 0 Å². The second-order valence-corrected chi connectivity index (χ2v) is 10.1. The highest BCUT2D eigenvalue weighted by molar-refractivity contribution is 6.31. The molecule has 1 saturated heterocycles. The van der Waals surface area contributed by atoms with Gasteiger partial charge in [0.25, 0.3) is 5.88 Å². The number of nitrogens with zero attached hydrogens (tertiary/aromatic N) is 7. The summed E-state index contributed by atoms with van der Waals surface area (Å²) >= 11 is 6.10. The van der Waals surface area contributed by atoms with Crippen LogP contribution in [0.25, 0.3) is 22.5 Å². The van der Waals surface area contributed by atoms with Crippen LogP contribution in [0.5, 0.6) is 5.88 Å². The Hall–Kier alpha value is -4.23. The highest BCUT2D eigenvalue weighted by atomic mass is 35.5. The Morgan fingerprint density at radius 3 is 2.85 bits per heavy atom.